The van der Waals surface area contributed by atoms with Gasteiger partial charge in [-0.15, -0.1) is 0 Å². The molecule has 0 aliphatic carbocycles. The Hall–Kier alpha value is -1.39. The van der Waals surface area contributed by atoms with Crippen LogP contribution in [0.2, 0.25) is 0 Å². The summed E-state index contributed by atoms with van der Waals surface area (Å²) < 4.78 is 22.6. The molecule has 1 saturated heterocycles. The van der Waals surface area contributed by atoms with Crippen LogP contribution in [0.3, 0.4) is 0 Å². The third-order valence-electron chi connectivity index (χ3n) is 3.32. The van der Waals surface area contributed by atoms with E-state index in [1.54, 1.807) is 26.3 Å². The first-order chi connectivity index (χ1) is 11.5. The molecule has 0 atom stereocenters. The van der Waals surface area contributed by atoms with Gasteiger partial charge in [0.2, 0.25) is 5.91 Å². The molecule has 1 fully saturated rings. The molecule has 0 spiro atoms. The SMILES string of the molecule is CCOc1c(I)cc(/C=N/NC(=O)CC2(C)OCCO2)cc1OC. The molecule has 0 bridgehead atoms. The first kappa shape index (κ1) is 18.9. The van der Waals surface area contributed by atoms with E-state index in [4.69, 9.17) is 18.9 Å². The molecule has 0 radical (unpaired) electrons. The van der Waals surface area contributed by atoms with Crippen LogP contribution in [-0.4, -0.2) is 44.8 Å². The van der Waals surface area contributed by atoms with Crippen LogP contribution >= 0.6 is 22.6 Å². The molecule has 1 heterocycles. The largest absolute Gasteiger partial charge is 0.493 e. The van der Waals surface area contributed by atoms with Crippen LogP contribution in [0, 0.1) is 3.57 Å². The van der Waals surface area contributed by atoms with E-state index < -0.39 is 5.79 Å². The van der Waals surface area contributed by atoms with Crippen molar-refractivity contribution in [3.63, 3.8) is 0 Å². The van der Waals surface area contributed by atoms with Gasteiger partial charge >= 0.3 is 0 Å². The lowest BCUT2D eigenvalue weighted by molar-refractivity contribution is -0.159. The number of nitrogens with one attached hydrogen (secondary N) is 1. The number of benzene rings is 1. The summed E-state index contributed by atoms with van der Waals surface area (Å²) in [6.45, 7) is 5.20. The van der Waals surface area contributed by atoms with Gasteiger partial charge in [-0.05, 0) is 54.1 Å². The minimum Gasteiger partial charge on any atom is -0.493 e. The maximum Gasteiger partial charge on any atom is 0.245 e. The topological polar surface area (TPSA) is 78.4 Å². The Bertz CT molecular complexity index is 615. The lowest BCUT2D eigenvalue weighted by Gasteiger charge is -2.20. The van der Waals surface area contributed by atoms with Gasteiger partial charge in [0.1, 0.15) is 0 Å². The van der Waals surface area contributed by atoms with Crippen molar-refractivity contribution in [1.82, 2.24) is 5.43 Å². The molecule has 0 aromatic heterocycles. The normalized spacial score (nSPS) is 16.3. The van der Waals surface area contributed by atoms with Gasteiger partial charge in [-0.2, -0.15) is 5.10 Å². The number of carbonyl (C=O) groups excluding carboxylic acids is 1. The zero-order chi connectivity index (χ0) is 17.6. The summed E-state index contributed by atoms with van der Waals surface area (Å²) in [4.78, 5) is 11.9. The fourth-order valence-electron chi connectivity index (χ4n) is 2.27. The number of amides is 1. The number of hydrazone groups is 1. The van der Waals surface area contributed by atoms with Crippen LogP contribution in [-0.2, 0) is 14.3 Å². The molecule has 132 valence electrons. The number of rotatable bonds is 7. The van der Waals surface area contributed by atoms with Crippen molar-refractivity contribution >= 4 is 34.7 Å². The van der Waals surface area contributed by atoms with E-state index in [0.29, 0.717) is 31.3 Å². The van der Waals surface area contributed by atoms with Gasteiger partial charge in [0, 0.05) is 0 Å². The summed E-state index contributed by atoms with van der Waals surface area (Å²) in [6, 6.07) is 3.70. The first-order valence-corrected chi connectivity index (χ1v) is 8.65. The van der Waals surface area contributed by atoms with Crippen molar-refractivity contribution in [2.75, 3.05) is 26.9 Å². The fourth-order valence-corrected chi connectivity index (χ4v) is 3.05. The Labute approximate surface area is 154 Å². The zero-order valence-corrected chi connectivity index (χ0v) is 16.1. The number of carbonyl (C=O) groups is 1. The van der Waals surface area contributed by atoms with Crippen LogP contribution in [0.4, 0.5) is 0 Å². The molecule has 0 saturated carbocycles. The summed E-state index contributed by atoms with van der Waals surface area (Å²) in [5, 5.41) is 3.97. The van der Waals surface area contributed by atoms with E-state index in [0.717, 1.165) is 9.13 Å². The number of methoxy groups -OCH3 is 1. The molecule has 1 aliphatic heterocycles. The Balaban J connectivity index is 1.98. The van der Waals surface area contributed by atoms with Gasteiger partial charge in [0.25, 0.3) is 0 Å². The highest BCUT2D eigenvalue weighted by Gasteiger charge is 2.33. The molecule has 1 amide bonds. The van der Waals surface area contributed by atoms with Crippen molar-refractivity contribution in [1.29, 1.82) is 0 Å². The third-order valence-corrected chi connectivity index (χ3v) is 4.12. The van der Waals surface area contributed by atoms with Crippen LogP contribution in [0.5, 0.6) is 11.5 Å². The van der Waals surface area contributed by atoms with Gasteiger partial charge in [-0.1, -0.05) is 0 Å². The van der Waals surface area contributed by atoms with Gasteiger partial charge in [0.05, 0.1) is 43.1 Å². The molecule has 1 aromatic rings. The van der Waals surface area contributed by atoms with Crippen molar-refractivity contribution in [2.45, 2.75) is 26.1 Å². The summed E-state index contributed by atoms with van der Waals surface area (Å²) in [5.41, 5.74) is 3.27. The van der Waals surface area contributed by atoms with Crippen LogP contribution < -0.4 is 14.9 Å². The molecule has 24 heavy (non-hydrogen) atoms. The quantitative estimate of drug-likeness (QED) is 0.394. The van der Waals surface area contributed by atoms with E-state index in [9.17, 15) is 4.79 Å². The average Bonchev–Trinajstić information content (AvgIpc) is 2.95. The van der Waals surface area contributed by atoms with Gasteiger partial charge in [-0.3, -0.25) is 4.79 Å². The second kappa shape index (κ2) is 8.63. The van der Waals surface area contributed by atoms with Crippen molar-refractivity contribution in [3.05, 3.63) is 21.3 Å². The Morgan fingerprint density at radius 3 is 2.79 bits per heavy atom. The second-order valence-electron chi connectivity index (χ2n) is 5.27. The van der Waals surface area contributed by atoms with E-state index in [1.165, 1.54) is 0 Å². The lowest BCUT2D eigenvalue weighted by atomic mass is 10.2. The summed E-state index contributed by atoms with van der Waals surface area (Å²) in [5.74, 6) is 0.183. The van der Waals surface area contributed by atoms with E-state index in [2.05, 4.69) is 33.1 Å². The van der Waals surface area contributed by atoms with Crippen LogP contribution in [0.25, 0.3) is 0 Å². The molecule has 1 aromatic carbocycles. The monoisotopic (exact) mass is 448 g/mol. The third kappa shape index (κ3) is 5.05. The maximum atomic E-state index is 11.9. The molecular formula is C16H21IN2O5. The Kier molecular flexibility index (Phi) is 6.81. The number of ether oxygens (including phenoxy) is 4. The summed E-state index contributed by atoms with van der Waals surface area (Å²) in [7, 11) is 1.58. The van der Waals surface area contributed by atoms with Crippen molar-refractivity contribution in [3.8, 4) is 11.5 Å². The maximum absolute atomic E-state index is 11.9. The molecule has 7 nitrogen and oxygen atoms in total. The van der Waals surface area contributed by atoms with Gasteiger partial charge in [-0.25, -0.2) is 5.43 Å². The van der Waals surface area contributed by atoms with E-state index in [1.807, 2.05) is 13.0 Å². The van der Waals surface area contributed by atoms with Crippen LogP contribution in [0.15, 0.2) is 17.2 Å². The highest BCUT2D eigenvalue weighted by molar-refractivity contribution is 14.1. The summed E-state index contributed by atoms with van der Waals surface area (Å²) >= 11 is 2.17. The van der Waals surface area contributed by atoms with E-state index >= 15 is 0 Å². The zero-order valence-electron chi connectivity index (χ0n) is 13.9. The highest BCUT2D eigenvalue weighted by Crippen LogP contribution is 2.33. The minimum absolute atomic E-state index is 0.0917. The number of halogens is 1. The Morgan fingerprint density at radius 1 is 1.46 bits per heavy atom. The van der Waals surface area contributed by atoms with Crippen molar-refractivity contribution < 1.29 is 23.7 Å². The molecular weight excluding hydrogens is 427 g/mol. The number of hydrogen-bond acceptors (Lipinski definition) is 6. The highest BCUT2D eigenvalue weighted by atomic mass is 127. The summed E-state index contributed by atoms with van der Waals surface area (Å²) in [6.07, 6.45) is 1.64. The number of hydrogen-bond donors (Lipinski definition) is 1. The standard InChI is InChI=1S/C16H21IN2O5/c1-4-22-15-12(17)7-11(8-13(15)21-3)10-18-19-14(20)9-16(2)23-5-6-24-16/h7-8,10H,4-6,9H2,1-3H3,(H,19,20)/b18-10+. The Morgan fingerprint density at radius 2 is 2.17 bits per heavy atom. The van der Waals surface area contributed by atoms with Crippen LogP contribution in [0.1, 0.15) is 25.8 Å². The first-order valence-electron chi connectivity index (χ1n) is 7.57. The number of nitrogens with zero attached hydrogens (tertiary/aromatic N) is 1. The second-order valence-corrected chi connectivity index (χ2v) is 6.43. The average molecular weight is 448 g/mol. The fraction of sp³-hybridized carbons (Fsp3) is 0.500. The van der Waals surface area contributed by atoms with Gasteiger partial charge in [0.15, 0.2) is 17.3 Å². The molecule has 8 heteroatoms. The smallest absolute Gasteiger partial charge is 0.245 e. The predicted molar refractivity (Wildman–Crippen MR) is 97.5 cm³/mol. The molecule has 1 N–H and O–H groups in total. The molecule has 2 rings (SSSR count). The molecule has 1 aliphatic rings. The predicted octanol–water partition coefficient (Wildman–Crippen LogP) is 2.30. The van der Waals surface area contributed by atoms with Crippen molar-refractivity contribution in [2.24, 2.45) is 5.10 Å². The van der Waals surface area contributed by atoms with Gasteiger partial charge < -0.3 is 18.9 Å². The van der Waals surface area contributed by atoms with E-state index in [-0.39, 0.29) is 12.3 Å². The molecule has 0 unspecified atom stereocenters. The minimum atomic E-state index is -0.864. The lowest BCUT2D eigenvalue weighted by Crippen LogP contribution is -2.33.